The Morgan fingerprint density at radius 1 is 1.20 bits per heavy atom. The predicted molar refractivity (Wildman–Crippen MR) is 114 cm³/mol. The van der Waals surface area contributed by atoms with Gasteiger partial charge in [-0.15, -0.1) is 11.3 Å². The second-order valence-electron chi connectivity index (χ2n) is 7.55. The average molecular weight is 429 g/mol. The molecule has 0 radical (unpaired) electrons. The number of aryl methyl sites for hydroxylation is 1. The lowest BCUT2D eigenvalue weighted by Crippen LogP contribution is -2.49. The molecule has 4 rings (SSSR count). The van der Waals surface area contributed by atoms with Crippen molar-refractivity contribution in [2.45, 2.75) is 19.5 Å². The average Bonchev–Trinajstić information content (AvgIpc) is 3.40. The highest BCUT2D eigenvalue weighted by Crippen LogP contribution is 2.26. The van der Waals surface area contributed by atoms with Crippen molar-refractivity contribution in [1.29, 1.82) is 0 Å². The molecule has 158 valence electrons. The maximum absolute atomic E-state index is 13.3. The molecular weight excluding hydrogens is 403 g/mol. The van der Waals surface area contributed by atoms with Crippen molar-refractivity contribution in [1.82, 2.24) is 20.3 Å². The molecule has 0 bridgehead atoms. The Labute approximate surface area is 179 Å². The van der Waals surface area contributed by atoms with E-state index >= 15 is 0 Å². The summed E-state index contributed by atoms with van der Waals surface area (Å²) < 4.78 is 18.5. The number of hydrogen-bond acceptors (Lipinski definition) is 6. The molecule has 1 atom stereocenters. The zero-order valence-corrected chi connectivity index (χ0v) is 17.7. The van der Waals surface area contributed by atoms with E-state index in [0.29, 0.717) is 6.54 Å². The first-order valence-electron chi connectivity index (χ1n) is 10.0. The van der Waals surface area contributed by atoms with E-state index in [4.69, 9.17) is 4.52 Å². The van der Waals surface area contributed by atoms with E-state index in [1.807, 2.05) is 30.5 Å². The van der Waals surface area contributed by atoms with Gasteiger partial charge in [-0.3, -0.25) is 14.6 Å². The fourth-order valence-electron chi connectivity index (χ4n) is 3.67. The number of nitrogens with zero attached hydrogens (tertiary/aromatic N) is 3. The molecule has 1 aliphatic rings. The Kier molecular flexibility index (Phi) is 6.56. The van der Waals surface area contributed by atoms with E-state index in [9.17, 15) is 9.18 Å². The van der Waals surface area contributed by atoms with Crippen molar-refractivity contribution in [3.05, 3.63) is 75.6 Å². The second kappa shape index (κ2) is 9.51. The highest BCUT2D eigenvalue weighted by atomic mass is 32.1. The number of aromatic nitrogens is 1. The maximum Gasteiger partial charge on any atom is 0.234 e. The van der Waals surface area contributed by atoms with Gasteiger partial charge in [-0.1, -0.05) is 23.4 Å². The Morgan fingerprint density at radius 2 is 1.93 bits per heavy atom. The van der Waals surface area contributed by atoms with Gasteiger partial charge in [-0.05, 0) is 36.1 Å². The molecule has 1 aromatic carbocycles. The summed E-state index contributed by atoms with van der Waals surface area (Å²) in [5, 5.41) is 9.16. The van der Waals surface area contributed by atoms with Crippen LogP contribution in [-0.4, -0.2) is 53.6 Å². The number of rotatable bonds is 7. The predicted octanol–water partition coefficient (Wildman–Crippen LogP) is 3.21. The van der Waals surface area contributed by atoms with Crippen molar-refractivity contribution < 1.29 is 13.7 Å². The molecule has 1 saturated heterocycles. The summed E-state index contributed by atoms with van der Waals surface area (Å²) in [4.78, 5) is 18.3. The fourth-order valence-corrected chi connectivity index (χ4v) is 4.47. The first-order chi connectivity index (χ1) is 14.6. The third-order valence-electron chi connectivity index (χ3n) is 5.23. The smallest absolute Gasteiger partial charge is 0.234 e. The molecular formula is C22H25FN4O2S. The number of thiophene rings is 1. The minimum atomic E-state index is -0.284. The molecule has 30 heavy (non-hydrogen) atoms. The molecule has 0 aliphatic carbocycles. The van der Waals surface area contributed by atoms with Crippen LogP contribution in [0.2, 0.25) is 0 Å². The van der Waals surface area contributed by atoms with E-state index in [0.717, 1.165) is 54.6 Å². The number of benzene rings is 1. The van der Waals surface area contributed by atoms with Gasteiger partial charge in [0, 0.05) is 43.7 Å². The van der Waals surface area contributed by atoms with Gasteiger partial charge in [0.2, 0.25) is 5.91 Å². The monoisotopic (exact) mass is 428 g/mol. The number of halogens is 1. The lowest BCUT2D eigenvalue weighted by atomic mass is 10.1. The third-order valence-corrected chi connectivity index (χ3v) is 6.17. The summed E-state index contributed by atoms with van der Waals surface area (Å²) in [7, 11) is 0. The Morgan fingerprint density at radius 3 is 2.57 bits per heavy atom. The van der Waals surface area contributed by atoms with Crippen LogP contribution < -0.4 is 5.32 Å². The van der Waals surface area contributed by atoms with Crippen molar-refractivity contribution >= 4 is 17.2 Å². The summed E-state index contributed by atoms with van der Waals surface area (Å²) in [6, 6.07) is 11.9. The Balaban J connectivity index is 1.31. The van der Waals surface area contributed by atoms with Crippen LogP contribution in [0.1, 0.15) is 27.9 Å². The minimum Gasteiger partial charge on any atom is -0.361 e. The zero-order chi connectivity index (χ0) is 20.9. The fraction of sp³-hybridized carbons (Fsp3) is 0.364. The van der Waals surface area contributed by atoms with Crippen LogP contribution in [0.15, 0.2) is 52.4 Å². The van der Waals surface area contributed by atoms with Crippen LogP contribution in [0, 0.1) is 12.7 Å². The largest absolute Gasteiger partial charge is 0.361 e. The summed E-state index contributed by atoms with van der Waals surface area (Å²) in [6.07, 6.45) is 0. The van der Waals surface area contributed by atoms with Crippen LogP contribution in [0.25, 0.3) is 0 Å². The first kappa shape index (κ1) is 20.7. The number of hydrogen-bond donors (Lipinski definition) is 1. The molecule has 0 saturated carbocycles. The first-order valence-corrected chi connectivity index (χ1v) is 10.9. The molecule has 0 spiro atoms. The van der Waals surface area contributed by atoms with E-state index in [1.54, 1.807) is 23.5 Å². The number of carbonyl (C=O) groups excluding carboxylic acids is 1. The third kappa shape index (κ3) is 5.33. The van der Waals surface area contributed by atoms with Crippen LogP contribution in [0.3, 0.4) is 0 Å². The lowest BCUT2D eigenvalue weighted by Gasteiger charge is -2.34. The van der Waals surface area contributed by atoms with Gasteiger partial charge in [-0.2, -0.15) is 0 Å². The highest BCUT2D eigenvalue weighted by molar-refractivity contribution is 7.10. The molecule has 1 amide bonds. The van der Waals surface area contributed by atoms with Crippen molar-refractivity contribution in [3.63, 3.8) is 0 Å². The SMILES string of the molecule is Cc1cc(CN2CCN(CC(=O)N[C@H](c3ccc(F)cc3)c3cccs3)CC2)no1. The summed E-state index contributed by atoms with van der Waals surface area (Å²) in [5.41, 5.74) is 1.82. The van der Waals surface area contributed by atoms with Gasteiger partial charge in [-0.25, -0.2) is 4.39 Å². The minimum absolute atomic E-state index is 0.0294. The topological polar surface area (TPSA) is 61.6 Å². The van der Waals surface area contributed by atoms with Gasteiger partial charge >= 0.3 is 0 Å². The van der Waals surface area contributed by atoms with Gasteiger partial charge in [0.25, 0.3) is 0 Å². The van der Waals surface area contributed by atoms with Crippen molar-refractivity contribution in [2.24, 2.45) is 0 Å². The van der Waals surface area contributed by atoms with Crippen molar-refractivity contribution in [3.8, 4) is 0 Å². The van der Waals surface area contributed by atoms with E-state index < -0.39 is 0 Å². The number of amides is 1. The van der Waals surface area contributed by atoms with Crippen LogP contribution in [0.5, 0.6) is 0 Å². The van der Waals surface area contributed by atoms with Crippen molar-refractivity contribution in [2.75, 3.05) is 32.7 Å². The summed E-state index contributed by atoms with van der Waals surface area (Å²) in [5.74, 6) is 0.508. The zero-order valence-electron chi connectivity index (χ0n) is 16.9. The molecule has 3 aromatic rings. The standard InChI is InChI=1S/C22H25FN4O2S/c1-16-13-19(25-29-16)14-26-8-10-27(11-9-26)15-21(28)24-22(20-3-2-12-30-20)17-4-6-18(23)7-5-17/h2-7,12-13,22H,8-11,14-15H2,1H3,(H,24,28)/t22-/m1/s1. The Hall–Kier alpha value is -2.55. The van der Waals surface area contributed by atoms with E-state index in [1.165, 1.54) is 12.1 Å². The quantitative estimate of drug-likeness (QED) is 0.626. The van der Waals surface area contributed by atoms with Crippen LogP contribution >= 0.6 is 11.3 Å². The highest BCUT2D eigenvalue weighted by Gasteiger charge is 2.23. The van der Waals surface area contributed by atoms with Crippen LogP contribution in [0.4, 0.5) is 4.39 Å². The number of piperazine rings is 1. The molecule has 6 nitrogen and oxygen atoms in total. The van der Waals surface area contributed by atoms with Crippen LogP contribution in [-0.2, 0) is 11.3 Å². The Bertz CT molecular complexity index is 950. The molecule has 0 unspecified atom stereocenters. The molecule has 1 aliphatic heterocycles. The van der Waals surface area contributed by atoms with Gasteiger partial charge in [0.05, 0.1) is 18.3 Å². The van der Waals surface area contributed by atoms with E-state index in [-0.39, 0.29) is 17.8 Å². The summed E-state index contributed by atoms with van der Waals surface area (Å²) >= 11 is 1.58. The second-order valence-corrected chi connectivity index (χ2v) is 8.53. The van der Waals surface area contributed by atoms with E-state index in [2.05, 4.69) is 20.3 Å². The van der Waals surface area contributed by atoms with Gasteiger partial charge in [0.15, 0.2) is 0 Å². The molecule has 1 fully saturated rings. The van der Waals surface area contributed by atoms with Gasteiger partial charge in [0.1, 0.15) is 11.6 Å². The molecule has 8 heteroatoms. The van der Waals surface area contributed by atoms with Gasteiger partial charge < -0.3 is 9.84 Å². The molecule has 1 N–H and O–H groups in total. The number of carbonyl (C=O) groups is 1. The molecule has 3 heterocycles. The summed E-state index contributed by atoms with van der Waals surface area (Å²) in [6.45, 7) is 6.41. The lowest BCUT2D eigenvalue weighted by molar-refractivity contribution is -0.123. The maximum atomic E-state index is 13.3. The normalized spacial score (nSPS) is 16.5. The molecule has 2 aromatic heterocycles. The number of nitrogens with one attached hydrogen (secondary N) is 1.